The van der Waals surface area contributed by atoms with Crippen LogP contribution < -0.4 is 0 Å². The van der Waals surface area contributed by atoms with E-state index in [2.05, 4.69) is 28.7 Å². The fourth-order valence-electron chi connectivity index (χ4n) is 5.36. The van der Waals surface area contributed by atoms with Gasteiger partial charge < -0.3 is 0 Å². The molecule has 1 heterocycles. The minimum absolute atomic E-state index is 0.348. The average Bonchev–Trinajstić information content (AvgIpc) is 2.99. The van der Waals surface area contributed by atoms with Gasteiger partial charge in [0.15, 0.2) is 0 Å². The third-order valence-electron chi connectivity index (χ3n) is 6.79. The Kier molecular flexibility index (Phi) is 2.97. The van der Waals surface area contributed by atoms with Gasteiger partial charge >= 0.3 is 117 Å². The molecule has 2 aliphatic carbocycles. The van der Waals surface area contributed by atoms with Crippen LogP contribution in [0.5, 0.6) is 0 Å². The SMILES string of the molecule is C[C@H]1CC[C@]2(C)CC[C@]3(CO3)C[C@]2([Sn]([CH3])([CH3])[CH3])C1. The van der Waals surface area contributed by atoms with E-state index in [9.17, 15) is 0 Å². The molecule has 1 nitrogen and oxygen atoms in total. The first-order chi connectivity index (χ1) is 8.22. The molecule has 3 rings (SSSR count). The first kappa shape index (κ1) is 13.7. The molecule has 0 bridgehead atoms. The van der Waals surface area contributed by atoms with Gasteiger partial charge in [0.05, 0.1) is 0 Å². The average molecular weight is 357 g/mol. The van der Waals surface area contributed by atoms with Crippen LogP contribution in [-0.2, 0) is 4.74 Å². The summed E-state index contributed by atoms with van der Waals surface area (Å²) in [6.07, 6.45) is 8.66. The molecule has 3 aliphatic rings. The van der Waals surface area contributed by atoms with Crippen LogP contribution in [0, 0.1) is 11.3 Å². The van der Waals surface area contributed by atoms with Crippen LogP contribution in [0.2, 0.25) is 18.2 Å². The van der Waals surface area contributed by atoms with Gasteiger partial charge in [-0.05, 0) is 0 Å². The first-order valence-corrected chi connectivity index (χ1v) is 17.9. The summed E-state index contributed by atoms with van der Waals surface area (Å²) in [7, 11) is 0. The summed E-state index contributed by atoms with van der Waals surface area (Å²) in [5.41, 5.74) is 0.992. The van der Waals surface area contributed by atoms with Crippen molar-refractivity contribution < 1.29 is 4.74 Å². The number of fused-ring (bicyclic) bond motifs is 1. The molecule has 1 saturated heterocycles. The third kappa shape index (κ3) is 1.82. The van der Waals surface area contributed by atoms with Crippen molar-refractivity contribution in [3.05, 3.63) is 0 Å². The number of hydrogen-bond donors (Lipinski definition) is 0. The van der Waals surface area contributed by atoms with Crippen LogP contribution in [0.3, 0.4) is 0 Å². The van der Waals surface area contributed by atoms with Gasteiger partial charge in [0.2, 0.25) is 0 Å². The quantitative estimate of drug-likeness (QED) is 0.483. The summed E-state index contributed by atoms with van der Waals surface area (Å²) in [6.45, 7) is 6.20. The molecule has 1 aliphatic heterocycles. The van der Waals surface area contributed by atoms with Crippen molar-refractivity contribution in [3.8, 4) is 0 Å². The van der Waals surface area contributed by atoms with E-state index in [0.29, 0.717) is 14.4 Å². The van der Waals surface area contributed by atoms with E-state index in [1.54, 1.807) is 0 Å². The molecule has 0 aromatic heterocycles. The van der Waals surface area contributed by atoms with Crippen molar-refractivity contribution in [2.45, 2.75) is 76.2 Å². The molecule has 3 fully saturated rings. The Morgan fingerprint density at radius 3 is 2.33 bits per heavy atom. The number of rotatable bonds is 1. The normalized spacial score (nSPS) is 52.2. The summed E-state index contributed by atoms with van der Waals surface area (Å²) in [5, 5.41) is 0. The van der Waals surface area contributed by atoms with Gasteiger partial charge in [-0.1, -0.05) is 0 Å². The molecule has 0 aromatic rings. The fourth-order valence-corrected chi connectivity index (χ4v) is 16.4. The van der Waals surface area contributed by atoms with Crippen molar-refractivity contribution in [2.75, 3.05) is 6.61 Å². The second-order valence-electron chi connectivity index (χ2n) is 8.89. The molecule has 0 aromatic carbocycles. The zero-order valence-corrected chi connectivity index (χ0v) is 15.8. The molecule has 0 amide bonds. The molecule has 2 heteroatoms. The summed E-state index contributed by atoms with van der Waals surface area (Å²) in [4.78, 5) is 8.06. The molecular formula is C16H30OSn. The molecule has 18 heavy (non-hydrogen) atoms. The second kappa shape index (κ2) is 3.90. The maximum absolute atomic E-state index is 5.92. The van der Waals surface area contributed by atoms with E-state index in [4.69, 9.17) is 4.74 Å². The summed E-state index contributed by atoms with van der Waals surface area (Å²) >= 11 is -1.99. The number of ether oxygens (including phenoxy) is 1. The van der Waals surface area contributed by atoms with Crippen LogP contribution in [-0.4, -0.2) is 30.6 Å². The van der Waals surface area contributed by atoms with Crippen molar-refractivity contribution in [3.63, 3.8) is 0 Å². The molecule has 4 atom stereocenters. The fraction of sp³-hybridized carbons (Fsp3) is 1.00. The zero-order valence-electron chi connectivity index (χ0n) is 12.9. The standard InChI is InChI=1S/C13H21O.3CH3.Sn/c1-10-3-4-12(2)5-6-13(9-14-13)8-11(12)7-10;;;;/h10H,3-9H2,1-2H3;3*1H3;/t10-,12+,13+;;;;/m0..../s1. The van der Waals surface area contributed by atoms with Crippen LogP contribution in [0.15, 0.2) is 0 Å². The molecular weight excluding hydrogens is 327 g/mol. The second-order valence-corrected chi connectivity index (χ2v) is 24.5. The number of hydrogen-bond acceptors (Lipinski definition) is 1. The number of epoxide rings is 1. The van der Waals surface area contributed by atoms with Gasteiger partial charge in [-0.3, -0.25) is 0 Å². The zero-order chi connectivity index (χ0) is 13.2. The predicted molar refractivity (Wildman–Crippen MR) is 79.7 cm³/mol. The van der Waals surface area contributed by atoms with E-state index in [0.717, 1.165) is 12.5 Å². The van der Waals surface area contributed by atoms with E-state index >= 15 is 0 Å². The van der Waals surface area contributed by atoms with Gasteiger partial charge in [-0.15, -0.1) is 0 Å². The Labute approximate surface area is 117 Å². The van der Waals surface area contributed by atoms with Crippen molar-refractivity contribution in [2.24, 2.45) is 11.3 Å². The maximum atomic E-state index is 5.92. The molecule has 0 radical (unpaired) electrons. The Bertz CT molecular complexity index is 355. The Hall–Kier alpha value is 0.759. The molecule has 0 N–H and O–H groups in total. The van der Waals surface area contributed by atoms with Crippen molar-refractivity contribution >= 4 is 18.4 Å². The van der Waals surface area contributed by atoms with Gasteiger partial charge in [-0.2, -0.15) is 0 Å². The Morgan fingerprint density at radius 2 is 1.78 bits per heavy atom. The monoisotopic (exact) mass is 358 g/mol. The summed E-state index contributed by atoms with van der Waals surface area (Å²) < 4.78 is 6.62. The first-order valence-electron chi connectivity index (χ1n) is 7.86. The molecule has 2 saturated carbocycles. The topological polar surface area (TPSA) is 12.5 Å². The van der Waals surface area contributed by atoms with Crippen LogP contribution >= 0.6 is 0 Å². The van der Waals surface area contributed by atoms with Crippen molar-refractivity contribution in [1.82, 2.24) is 0 Å². The van der Waals surface area contributed by atoms with Gasteiger partial charge in [-0.25, -0.2) is 0 Å². The van der Waals surface area contributed by atoms with Gasteiger partial charge in [0.1, 0.15) is 0 Å². The molecule has 104 valence electrons. The Morgan fingerprint density at radius 1 is 1.11 bits per heavy atom. The Balaban J connectivity index is 2.02. The van der Waals surface area contributed by atoms with Gasteiger partial charge in [0.25, 0.3) is 0 Å². The van der Waals surface area contributed by atoms with E-state index in [1.165, 1.54) is 38.5 Å². The van der Waals surface area contributed by atoms with E-state index < -0.39 is 18.4 Å². The predicted octanol–water partition coefficient (Wildman–Crippen LogP) is 4.84. The summed E-state index contributed by atoms with van der Waals surface area (Å²) in [5.74, 6) is 0.947. The molecule has 1 spiro atoms. The third-order valence-corrected chi connectivity index (χ3v) is 17.8. The van der Waals surface area contributed by atoms with Crippen LogP contribution in [0.4, 0.5) is 0 Å². The molecule has 0 unspecified atom stereocenters. The van der Waals surface area contributed by atoms with Crippen LogP contribution in [0.1, 0.15) is 52.4 Å². The van der Waals surface area contributed by atoms with Crippen molar-refractivity contribution in [1.29, 1.82) is 0 Å². The summed E-state index contributed by atoms with van der Waals surface area (Å²) in [6, 6.07) is 0. The van der Waals surface area contributed by atoms with E-state index in [-0.39, 0.29) is 0 Å². The van der Waals surface area contributed by atoms with Gasteiger partial charge in [0, 0.05) is 0 Å². The minimum atomic E-state index is -1.99. The van der Waals surface area contributed by atoms with Crippen LogP contribution in [0.25, 0.3) is 0 Å². The van der Waals surface area contributed by atoms with E-state index in [1.807, 2.05) is 0 Å².